The van der Waals surface area contributed by atoms with Gasteiger partial charge in [0.15, 0.2) is 0 Å². The van der Waals surface area contributed by atoms with Gasteiger partial charge in [-0.15, -0.1) is 0 Å². The Labute approximate surface area is 91.6 Å². The van der Waals surface area contributed by atoms with Crippen LogP contribution in [0.1, 0.15) is 40.5 Å². The van der Waals surface area contributed by atoms with Crippen LogP contribution >= 0.6 is 0 Å². The molecule has 1 heterocycles. The zero-order valence-electron chi connectivity index (χ0n) is 10.3. The third-order valence-electron chi connectivity index (χ3n) is 2.99. The highest BCUT2D eigenvalue weighted by atomic mass is 16.5. The summed E-state index contributed by atoms with van der Waals surface area (Å²) in [5.74, 6) is 0. The first kappa shape index (κ1) is 12.6. The van der Waals surface area contributed by atoms with E-state index in [2.05, 4.69) is 4.99 Å². The average Bonchev–Trinajstić information content (AvgIpc) is 1.98. The number of hydrogen-bond donors (Lipinski definition) is 2. The molecule has 1 fully saturated rings. The van der Waals surface area contributed by atoms with Crippen LogP contribution in [0.4, 0.5) is 0 Å². The number of aliphatic imine (C=N–C) groups is 1. The molecule has 0 bridgehead atoms. The molecule has 1 saturated heterocycles. The predicted octanol–water partition coefficient (Wildman–Crippen LogP) is 1.46. The van der Waals surface area contributed by atoms with Crippen molar-refractivity contribution in [1.29, 1.82) is 0 Å². The maximum atomic E-state index is 10.4. The van der Waals surface area contributed by atoms with E-state index in [1.165, 1.54) is 5.06 Å². The van der Waals surface area contributed by atoms with Crippen LogP contribution in [-0.4, -0.2) is 45.3 Å². The maximum Gasteiger partial charge on any atom is 0.103 e. The molecule has 1 aliphatic rings. The van der Waals surface area contributed by atoms with Crippen molar-refractivity contribution in [3.05, 3.63) is 0 Å². The van der Waals surface area contributed by atoms with Crippen LogP contribution in [0.3, 0.4) is 0 Å². The summed E-state index contributed by atoms with van der Waals surface area (Å²) >= 11 is 0. The van der Waals surface area contributed by atoms with Gasteiger partial charge in [-0.3, -0.25) is 4.99 Å². The highest BCUT2D eigenvalue weighted by Gasteiger charge is 2.50. The van der Waals surface area contributed by atoms with Crippen molar-refractivity contribution in [3.8, 4) is 0 Å². The zero-order valence-corrected chi connectivity index (χ0v) is 10.3. The van der Waals surface area contributed by atoms with E-state index in [9.17, 15) is 10.3 Å². The lowest BCUT2D eigenvalue weighted by Gasteiger charge is -2.53. The Morgan fingerprint density at radius 2 is 1.53 bits per heavy atom. The minimum Gasteiger partial charge on any atom is -0.384 e. The molecule has 0 unspecified atom stereocenters. The van der Waals surface area contributed by atoms with Crippen molar-refractivity contribution in [2.45, 2.75) is 57.2 Å². The molecular formula is C11H22N2O2. The largest absolute Gasteiger partial charge is 0.384 e. The molecule has 4 nitrogen and oxygen atoms in total. The highest BCUT2D eigenvalue weighted by molar-refractivity contribution is 5.69. The Hall–Kier alpha value is -0.450. The van der Waals surface area contributed by atoms with E-state index < -0.39 is 16.7 Å². The molecule has 15 heavy (non-hydrogen) atoms. The summed E-state index contributed by atoms with van der Waals surface area (Å²) < 4.78 is 0. The Bertz CT molecular complexity index is 254. The molecule has 1 rings (SSSR count). The fourth-order valence-electron chi connectivity index (χ4n) is 2.86. The molecular weight excluding hydrogens is 192 g/mol. The fourth-order valence-corrected chi connectivity index (χ4v) is 2.86. The van der Waals surface area contributed by atoms with Gasteiger partial charge in [0, 0.05) is 37.2 Å². The molecule has 0 aromatic rings. The first-order valence-electron chi connectivity index (χ1n) is 5.28. The minimum absolute atomic E-state index is 0.447. The van der Waals surface area contributed by atoms with Gasteiger partial charge < -0.3 is 10.3 Å². The van der Waals surface area contributed by atoms with E-state index in [1.807, 2.05) is 27.7 Å². The number of rotatable bonds is 1. The quantitative estimate of drug-likeness (QED) is 0.650. The van der Waals surface area contributed by atoms with E-state index in [0.717, 1.165) is 0 Å². The van der Waals surface area contributed by atoms with E-state index in [0.29, 0.717) is 12.8 Å². The second-order valence-electron chi connectivity index (χ2n) is 5.78. The molecule has 4 heteroatoms. The van der Waals surface area contributed by atoms with Crippen molar-refractivity contribution in [2.24, 2.45) is 4.99 Å². The Morgan fingerprint density at radius 1 is 1.13 bits per heavy atom. The van der Waals surface area contributed by atoms with Crippen LogP contribution in [-0.2, 0) is 0 Å². The van der Waals surface area contributed by atoms with Crippen LogP contribution in [0.25, 0.3) is 0 Å². The molecule has 1 aliphatic heterocycles. The van der Waals surface area contributed by atoms with E-state index in [4.69, 9.17) is 0 Å². The Kier molecular flexibility index (Phi) is 2.98. The number of hydrogen-bond acceptors (Lipinski definition) is 4. The molecule has 88 valence electrons. The van der Waals surface area contributed by atoms with Crippen molar-refractivity contribution < 1.29 is 10.3 Å². The highest BCUT2D eigenvalue weighted by Crippen LogP contribution is 2.41. The molecule has 0 aliphatic carbocycles. The summed E-state index contributed by atoms with van der Waals surface area (Å²) in [6.07, 6.45) is 2.55. The molecule has 0 radical (unpaired) electrons. The van der Waals surface area contributed by atoms with E-state index >= 15 is 0 Å². The van der Waals surface area contributed by atoms with Crippen LogP contribution < -0.4 is 0 Å². The topological polar surface area (TPSA) is 56.1 Å². The monoisotopic (exact) mass is 214 g/mol. The van der Waals surface area contributed by atoms with Gasteiger partial charge in [0.05, 0.1) is 0 Å². The van der Waals surface area contributed by atoms with Crippen molar-refractivity contribution in [1.82, 2.24) is 5.06 Å². The fraction of sp³-hybridized carbons (Fsp3) is 0.909. The van der Waals surface area contributed by atoms with Gasteiger partial charge in [0.2, 0.25) is 0 Å². The van der Waals surface area contributed by atoms with Gasteiger partial charge in [-0.2, -0.15) is 5.06 Å². The first-order valence-corrected chi connectivity index (χ1v) is 5.28. The van der Waals surface area contributed by atoms with Gasteiger partial charge in [-0.25, -0.2) is 0 Å². The zero-order chi connectivity index (χ0) is 11.9. The molecule has 0 spiro atoms. The number of hydroxylamine groups is 2. The summed E-state index contributed by atoms with van der Waals surface area (Å²) in [6, 6.07) is 0. The predicted molar refractivity (Wildman–Crippen MR) is 60.4 cm³/mol. The number of nitrogens with zero attached hydrogens (tertiary/aromatic N) is 2. The second-order valence-corrected chi connectivity index (χ2v) is 5.78. The summed E-state index contributed by atoms with van der Waals surface area (Å²) in [5, 5.41) is 21.8. The van der Waals surface area contributed by atoms with Gasteiger partial charge >= 0.3 is 0 Å². The normalized spacial score (nSPS) is 29.5. The van der Waals surface area contributed by atoms with Crippen molar-refractivity contribution >= 4 is 6.21 Å². The summed E-state index contributed by atoms with van der Waals surface area (Å²) in [4.78, 5) is 3.91. The lowest BCUT2D eigenvalue weighted by atomic mass is 9.73. The lowest BCUT2D eigenvalue weighted by molar-refractivity contribution is -0.264. The van der Waals surface area contributed by atoms with Crippen LogP contribution in [0.15, 0.2) is 4.99 Å². The average molecular weight is 214 g/mol. The van der Waals surface area contributed by atoms with Crippen molar-refractivity contribution in [2.75, 3.05) is 7.05 Å². The SMILES string of the molecule is CN=CC1(O)CC(C)(C)N(O)C(C)(C)C1. The second kappa shape index (κ2) is 3.54. The van der Waals surface area contributed by atoms with E-state index in [-0.39, 0.29) is 0 Å². The summed E-state index contributed by atoms with van der Waals surface area (Å²) in [7, 11) is 1.66. The van der Waals surface area contributed by atoms with Crippen LogP contribution in [0.5, 0.6) is 0 Å². The smallest absolute Gasteiger partial charge is 0.103 e. The molecule has 0 amide bonds. The number of piperidine rings is 1. The lowest BCUT2D eigenvalue weighted by Crippen LogP contribution is -2.64. The van der Waals surface area contributed by atoms with Crippen LogP contribution in [0.2, 0.25) is 0 Å². The first-order chi connectivity index (χ1) is 6.63. The molecule has 0 saturated carbocycles. The third kappa shape index (κ3) is 2.38. The maximum absolute atomic E-state index is 10.4. The van der Waals surface area contributed by atoms with Gasteiger partial charge in [0.1, 0.15) is 5.60 Å². The van der Waals surface area contributed by atoms with Crippen molar-refractivity contribution in [3.63, 3.8) is 0 Å². The molecule has 2 N–H and O–H groups in total. The minimum atomic E-state index is -0.916. The summed E-state index contributed by atoms with van der Waals surface area (Å²) in [6.45, 7) is 7.68. The summed E-state index contributed by atoms with van der Waals surface area (Å²) in [5.41, 5.74) is -1.81. The molecule has 0 aromatic heterocycles. The molecule has 0 aromatic carbocycles. The Morgan fingerprint density at radius 3 is 1.87 bits per heavy atom. The van der Waals surface area contributed by atoms with Gasteiger partial charge in [-0.05, 0) is 27.7 Å². The van der Waals surface area contributed by atoms with Crippen LogP contribution in [0, 0.1) is 0 Å². The van der Waals surface area contributed by atoms with E-state index in [1.54, 1.807) is 13.3 Å². The standard InChI is InChI=1S/C11H22N2O2/c1-9(2)6-11(14,8-12-5)7-10(3,4)13(9)15/h8,14-15H,6-7H2,1-5H3. The van der Waals surface area contributed by atoms with Gasteiger partial charge in [0.25, 0.3) is 0 Å². The number of aliphatic hydroxyl groups is 1. The van der Waals surface area contributed by atoms with Gasteiger partial charge in [-0.1, -0.05) is 0 Å². The Balaban J connectivity index is 3.03. The third-order valence-corrected chi connectivity index (χ3v) is 2.99. The molecule has 0 atom stereocenters.